The molecule has 11 heavy (non-hydrogen) atoms. The highest BCUT2D eigenvalue weighted by Crippen LogP contribution is 1.98. The molecule has 0 aliphatic rings. The average molecular weight is 157 g/mol. The summed E-state index contributed by atoms with van der Waals surface area (Å²) in [6.45, 7) is 5.99. The molecular weight excluding hydrogens is 142 g/mol. The smallest absolute Gasteiger partial charge is 0.283 e. The summed E-state index contributed by atoms with van der Waals surface area (Å²) in [5.74, 6) is -0.525. The largest absolute Gasteiger partial charge is 0.488 e. The molecule has 0 aliphatic heterocycles. The van der Waals surface area contributed by atoms with E-state index in [4.69, 9.17) is 10.5 Å². The fourth-order valence-electron chi connectivity index (χ4n) is 0.619. The van der Waals surface area contributed by atoms with Crippen molar-refractivity contribution in [3.05, 3.63) is 12.3 Å². The van der Waals surface area contributed by atoms with Gasteiger partial charge in [0, 0.05) is 0 Å². The maximum atomic E-state index is 10.4. The minimum Gasteiger partial charge on any atom is -0.488 e. The van der Waals surface area contributed by atoms with Gasteiger partial charge in [-0.2, -0.15) is 0 Å². The topological polar surface area (TPSA) is 52.3 Å². The van der Waals surface area contributed by atoms with E-state index in [1.165, 1.54) is 0 Å². The summed E-state index contributed by atoms with van der Waals surface area (Å²) >= 11 is 0. The van der Waals surface area contributed by atoms with Crippen molar-refractivity contribution in [3.8, 4) is 0 Å². The number of unbranched alkanes of at least 4 members (excludes halogenated alkanes) is 2. The van der Waals surface area contributed by atoms with E-state index in [1.54, 1.807) is 0 Å². The zero-order valence-electron chi connectivity index (χ0n) is 6.93. The predicted molar refractivity (Wildman–Crippen MR) is 43.8 cm³/mol. The molecule has 2 N–H and O–H groups in total. The Balaban J connectivity index is 3.25. The highest BCUT2D eigenvalue weighted by atomic mass is 16.5. The van der Waals surface area contributed by atoms with E-state index in [1.807, 2.05) is 0 Å². The first-order valence-electron chi connectivity index (χ1n) is 3.80. The summed E-state index contributed by atoms with van der Waals surface area (Å²) in [6, 6.07) is 0. The first-order valence-corrected chi connectivity index (χ1v) is 3.80. The quantitative estimate of drug-likeness (QED) is 0.357. The fourth-order valence-corrected chi connectivity index (χ4v) is 0.619. The van der Waals surface area contributed by atoms with E-state index in [9.17, 15) is 4.79 Å². The van der Waals surface area contributed by atoms with Crippen molar-refractivity contribution in [1.29, 1.82) is 0 Å². The van der Waals surface area contributed by atoms with Crippen LogP contribution >= 0.6 is 0 Å². The van der Waals surface area contributed by atoms with Crippen LogP contribution in [0.2, 0.25) is 0 Å². The Bertz CT molecular complexity index is 143. The van der Waals surface area contributed by atoms with Crippen molar-refractivity contribution in [2.45, 2.75) is 26.2 Å². The predicted octanol–water partition coefficient (Wildman–Crippen LogP) is 1.19. The Morgan fingerprint density at radius 2 is 2.18 bits per heavy atom. The molecule has 0 spiro atoms. The van der Waals surface area contributed by atoms with Crippen molar-refractivity contribution >= 4 is 5.91 Å². The van der Waals surface area contributed by atoms with Crippen molar-refractivity contribution < 1.29 is 9.53 Å². The Hall–Kier alpha value is -0.990. The Kier molecular flexibility index (Phi) is 5.25. The number of primary amides is 1. The first-order chi connectivity index (χ1) is 5.18. The van der Waals surface area contributed by atoms with Crippen LogP contribution in [0.4, 0.5) is 0 Å². The van der Waals surface area contributed by atoms with Gasteiger partial charge >= 0.3 is 0 Å². The number of carbonyl (C=O) groups is 1. The van der Waals surface area contributed by atoms with Crippen LogP contribution in [0.25, 0.3) is 0 Å². The van der Waals surface area contributed by atoms with E-state index in [2.05, 4.69) is 13.5 Å². The van der Waals surface area contributed by atoms with Gasteiger partial charge < -0.3 is 10.5 Å². The highest BCUT2D eigenvalue weighted by molar-refractivity contribution is 5.89. The van der Waals surface area contributed by atoms with Gasteiger partial charge in [0.05, 0.1) is 6.61 Å². The van der Waals surface area contributed by atoms with Crippen LogP contribution in [0, 0.1) is 0 Å². The van der Waals surface area contributed by atoms with Crippen molar-refractivity contribution in [2.24, 2.45) is 5.73 Å². The van der Waals surface area contributed by atoms with Crippen LogP contribution < -0.4 is 5.73 Å². The Morgan fingerprint density at radius 3 is 2.64 bits per heavy atom. The summed E-state index contributed by atoms with van der Waals surface area (Å²) in [6.07, 6.45) is 3.18. The molecule has 0 atom stereocenters. The van der Waals surface area contributed by atoms with Gasteiger partial charge in [-0.1, -0.05) is 26.3 Å². The zero-order chi connectivity index (χ0) is 8.69. The van der Waals surface area contributed by atoms with Gasteiger partial charge in [-0.25, -0.2) is 0 Å². The lowest BCUT2D eigenvalue weighted by Crippen LogP contribution is -2.15. The van der Waals surface area contributed by atoms with Gasteiger partial charge in [-0.15, -0.1) is 0 Å². The van der Waals surface area contributed by atoms with Gasteiger partial charge in [0.25, 0.3) is 5.91 Å². The number of amides is 1. The number of hydrogen-bond acceptors (Lipinski definition) is 2. The van der Waals surface area contributed by atoms with Crippen molar-refractivity contribution in [3.63, 3.8) is 0 Å². The molecule has 0 saturated carbocycles. The number of hydrogen-bond donors (Lipinski definition) is 1. The fraction of sp³-hybridized carbons (Fsp3) is 0.625. The third-order valence-electron chi connectivity index (χ3n) is 1.30. The number of nitrogens with two attached hydrogens (primary N) is 1. The van der Waals surface area contributed by atoms with E-state index in [0.29, 0.717) is 6.61 Å². The molecule has 0 aliphatic carbocycles. The number of rotatable bonds is 6. The molecule has 0 aromatic rings. The van der Waals surface area contributed by atoms with E-state index in [-0.39, 0.29) is 5.76 Å². The normalized spacial score (nSPS) is 9.18. The standard InChI is InChI=1S/C8H15NO2/c1-3-4-5-6-11-7(2)8(9)10/h2-6H2,1H3,(H2,9,10). The molecule has 3 heteroatoms. The highest BCUT2D eigenvalue weighted by Gasteiger charge is 2.00. The first kappa shape index (κ1) is 10.0. The maximum Gasteiger partial charge on any atom is 0.283 e. The molecule has 3 nitrogen and oxygen atoms in total. The van der Waals surface area contributed by atoms with Crippen LogP contribution in [-0.2, 0) is 9.53 Å². The third kappa shape index (κ3) is 5.45. The molecule has 64 valence electrons. The molecule has 0 saturated heterocycles. The van der Waals surface area contributed by atoms with E-state index < -0.39 is 5.91 Å². The molecule has 0 unspecified atom stereocenters. The van der Waals surface area contributed by atoms with E-state index in [0.717, 1.165) is 19.3 Å². The van der Waals surface area contributed by atoms with Gasteiger partial charge in [-0.05, 0) is 6.42 Å². The molecule has 0 aromatic carbocycles. The summed E-state index contributed by atoms with van der Waals surface area (Å²) < 4.78 is 4.94. The molecule has 0 bridgehead atoms. The van der Waals surface area contributed by atoms with Crippen LogP contribution in [0.15, 0.2) is 12.3 Å². The second kappa shape index (κ2) is 5.77. The number of ether oxygens (including phenoxy) is 1. The van der Waals surface area contributed by atoms with Crippen molar-refractivity contribution in [2.75, 3.05) is 6.61 Å². The SMILES string of the molecule is C=C(OCCCCC)C(N)=O. The van der Waals surface area contributed by atoms with Crippen molar-refractivity contribution in [1.82, 2.24) is 0 Å². The lowest BCUT2D eigenvalue weighted by atomic mass is 10.3. The molecule has 1 amide bonds. The minimum absolute atomic E-state index is 0.0566. The second-order valence-electron chi connectivity index (χ2n) is 2.34. The molecule has 0 heterocycles. The van der Waals surface area contributed by atoms with Crippen LogP contribution in [0.3, 0.4) is 0 Å². The molecule has 0 rings (SSSR count). The summed E-state index contributed by atoms with van der Waals surface area (Å²) in [4.78, 5) is 10.4. The van der Waals surface area contributed by atoms with Gasteiger partial charge in [-0.3, -0.25) is 4.79 Å². The average Bonchev–Trinajstić information content (AvgIpc) is 1.97. The molecule has 0 radical (unpaired) electrons. The monoisotopic (exact) mass is 157 g/mol. The van der Waals surface area contributed by atoms with Crippen LogP contribution in [0.1, 0.15) is 26.2 Å². The summed E-state index contributed by atoms with van der Waals surface area (Å²) in [5, 5.41) is 0. The zero-order valence-corrected chi connectivity index (χ0v) is 6.93. The van der Waals surface area contributed by atoms with Gasteiger partial charge in [0.2, 0.25) is 0 Å². The van der Waals surface area contributed by atoms with Crippen LogP contribution in [-0.4, -0.2) is 12.5 Å². The summed E-state index contributed by atoms with van der Waals surface area (Å²) in [7, 11) is 0. The molecule has 0 aromatic heterocycles. The Morgan fingerprint density at radius 1 is 1.55 bits per heavy atom. The minimum atomic E-state index is -0.582. The van der Waals surface area contributed by atoms with Gasteiger partial charge in [0.1, 0.15) is 0 Å². The lowest BCUT2D eigenvalue weighted by Gasteiger charge is -2.03. The maximum absolute atomic E-state index is 10.4. The van der Waals surface area contributed by atoms with Gasteiger partial charge in [0.15, 0.2) is 5.76 Å². The molecule has 0 fully saturated rings. The van der Waals surface area contributed by atoms with E-state index >= 15 is 0 Å². The van der Waals surface area contributed by atoms with Crippen LogP contribution in [0.5, 0.6) is 0 Å². The lowest BCUT2D eigenvalue weighted by molar-refractivity contribution is -0.117. The second-order valence-corrected chi connectivity index (χ2v) is 2.34. The Labute approximate surface area is 67.2 Å². The number of carbonyl (C=O) groups excluding carboxylic acids is 1. The third-order valence-corrected chi connectivity index (χ3v) is 1.30. The molecular formula is C8H15NO2. The summed E-state index contributed by atoms with van der Waals surface area (Å²) in [5.41, 5.74) is 4.89.